The summed E-state index contributed by atoms with van der Waals surface area (Å²) >= 11 is 1.70. The van der Waals surface area contributed by atoms with Gasteiger partial charge in [0.25, 0.3) is 0 Å². The van der Waals surface area contributed by atoms with Gasteiger partial charge in [0.15, 0.2) is 0 Å². The lowest BCUT2D eigenvalue weighted by Gasteiger charge is -2.35. The van der Waals surface area contributed by atoms with Crippen molar-refractivity contribution in [2.75, 3.05) is 44.3 Å². The predicted octanol–water partition coefficient (Wildman–Crippen LogP) is 3.79. The molecule has 158 valence electrons. The van der Waals surface area contributed by atoms with E-state index in [1.165, 1.54) is 10.4 Å². The second-order valence-electron chi connectivity index (χ2n) is 8.22. The van der Waals surface area contributed by atoms with Crippen LogP contribution in [0.2, 0.25) is 0 Å². The Morgan fingerprint density at radius 2 is 1.90 bits per heavy atom. The summed E-state index contributed by atoms with van der Waals surface area (Å²) in [7, 11) is 0. The van der Waals surface area contributed by atoms with Crippen LogP contribution in [-0.4, -0.2) is 60.4 Å². The highest BCUT2D eigenvalue weighted by Crippen LogP contribution is 2.42. The van der Waals surface area contributed by atoms with Gasteiger partial charge in [0.05, 0.1) is 31.1 Å². The Bertz CT molecular complexity index is 894. The number of hydrogen-bond donors (Lipinski definition) is 0. The van der Waals surface area contributed by atoms with Crippen LogP contribution in [0.5, 0.6) is 0 Å². The summed E-state index contributed by atoms with van der Waals surface area (Å²) in [6.07, 6.45) is -0.280. The standard InChI is InChI=1S/C20H25F3N4OS/c21-20(22,23)13-3-2-6-27(11-13)18-17-14-4-1-5-15(14)29-19(17)25-16(24-18)12-26-7-9-28-10-8-26/h13H,1-12H2. The fourth-order valence-electron chi connectivity index (χ4n) is 4.72. The van der Waals surface area contributed by atoms with Gasteiger partial charge in [-0.2, -0.15) is 13.2 Å². The minimum atomic E-state index is -4.15. The van der Waals surface area contributed by atoms with Crippen molar-refractivity contribution in [3.63, 3.8) is 0 Å². The Kier molecular flexibility index (Phi) is 5.16. The van der Waals surface area contributed by atoms with E-state index in [9.17, 15) is 13.2 Å². The number of aryl methyl sites for hydroxylation is 2. The number of hydrogen-bond acceptors (Lipinski definition) is 6. The van der Waals surface area contributed by atoms with E-state index in [4.69, 9.17) is 14.7 Å². The third-order valence-electron chi connectivity index (χ3n) is 6.24. The van der Waals surface area contributed by atoms with Gasteiger partial charge in [0.1, 0.15) is 16.5 Å². The molecule has 29 heavy (non-hydrogen) atoms. The van der Waals surface area contributed by atoms with Crippen LogP contribution in [0.3, 0.4) is 0 Å². The van der Waals surface area contributed by atoms with Gasteiger partial charge in [0, 0.05) is 31.1 Å². The van der Waals surface area contributed by atoms with Gasteiger partial charge in [-0.05, 0) is 37.7 Å². The van der Waals surface area contributed by atoms with E-state index in [0.717, 1.165) is 48.4 Å². The number of aromatic nitrogens is 2. The van der Waals surface area contributed by atoms with Crippen LogP contribution in [0.4, 0.5) is 19.0 Å². The molecule has 2 aliphatic heterocycles. The third-order valence-corrected chi connectivity index (χ3v) is 7.43. The van der Waals surface area contributed by atoms with E-state index in [1.54, 1.807) is 11.3 Å². The van der Waals surface area contributed by atoms with E-state index in [-0.39, 0.29) is 13.0 Å². The molecule has 2 aromatic heterocycles. The van der Waals surface area contributed by atoms with Crippen LogP contribution in [0, 0.1) is 5.92 Å². The molecule has 5 rings (SSSR count). The Morgan fingerprint density at radius 3 is 2.69 bits per heavy atom. The van der Waals surface area contributed by atoms with Crippen LogP contribution in [0.1, 0.15) is 35.5 Å². The molecule has 3 aliphatic rings. The van der Waals surface area contributed by atoms with E-state index < -0.39 is 12.1 Å². The summed E-state index contributed by atoms with van der Waals surface area (Å²) in [6.45, 7) is 4.29. The highest BCUT2D eigenvalue weighted by molar-refractivity contribution is 7.19. The normalized spacial score (nSPS) is 23.7. The monoisotopic (exact) mass is 426 g/mol. The zero-order valence-corrected chi connectivity index (χ0v) is 17.1. The number of thiophene rings is 1. The maximum absolute atomic E-state index is 13.4. The second kappa shape index (κ2) is 7.67. The summed E-state index contributed by atoms with van der Waals surface area (Å²) in [6, 6.07) is 0. The van der Waals surface area contributed by atoms with Crippen LogP contribution in [-0.2, 0) is 24.1 Å². The molecule has 1 aliphatic carbocycles. The average Bonchev–Trinajstić information content (AvgIpc) is 3.28. The Morgan fingerprint density at radius 1 is 1.07 bits per heavy atom. The highest BCUT2D eigenvalue weighted by Gasteiger charge is 2.42. The molecule has 0 spiro atoms. The number of anilines is 1. The van der Waals surface area contributed by atoms with Crippen LogP contribution < -0.4 is 4.90 Å². The summed E-state index contributed by atoms with van der Waals surface area (Å²) in [5.41, 5.74) is 1.27. The van der Waals surface area contributed by atoms with Gasteiger partial charge in [0.2, 0.25) is 0 Å². The van der Waals surface area contributed by atoms with Crippen molar-refractivity contribution in [2.24, 2.45) is 5.92 Å². The molecule has 0 aromatic carbocycles. The number of rotatable bonds is 3. The minimum absolute atomic E-state index is 0.00275. The number of fused-ring (bicyclic) bond motifs is 3. The maximum Gasteiger partial charge on any atom is 0.393 e. The van der Waals surface area contributed by atoms with Crippen LogP contribution >= 0.6 is 11.3 Å². The lowest BCUT2D eigenvalue weighted by atomic mass is 9.97. The first-order valence-corrected chi connectivity index (χ1v) is 11.2. The Labute approximate surface area is 171 Å². The molecule has 2 aromatic rings. The molecule has 0 amide bonds. The average molecular weight is 427 g/mol. The van der Waals surface area contributed by atoms with Gasteiger partial charge >= 0.3 is 6.18 Å². The summed E-state index contributed by atoms with van der Waals surface area (Å²) < 4.78 is 45.7. The lowest BCUT2D eigenvalue weighted by molar-refractivity contribution is -0.176. The SMILES string of the molecule is FC(F)(F)C1CCCN(c2nc(CN3CCOCC3)nc3sc4c(c23)CCC4)C1. The number of nitrogens with zero attached hydrogens (tertiary/aromatic N) is 4. The first-order chi connectivity index (χ1) is 14.0. The van der Waals surface area contributed by atoms with Crippen molar-refractivity contribution in [1.29, 1.82) is 0 Å². The number of alkyl halides is 3. The first kappa shape index (κ1) is 19.5. The first-order valence-electron chi connectivity index (χ1n) is 10.4. The van der Waals surface area contributed by atoms with E-state index in [2.05, 4.69) is 4.90 Å². The molecule has 5 nitrogen and oxygen atoms in total. The maximum atomic E-state index is 13.4. The number of piperidine rings is 1. The van der Waals surface area contributed by atoms with Crippen molar-refractivity contribution in [2.45, 2.75) is 44.8 Å². The predicted molar refractivity (Wildman–Crippen MR) is 107 cm³/mol. The Hall–Kier alpha value is -1.45. The molecule has 0 bridgehead atoms. The lowest BCUT2D eigenvalue weighted by Crippen LogP contribution is -2.42. The molecular formula is C20H25F3N4OS. The van der Waals surface area contributed by atoms with Crippen LogP contribution in [0.25, 0.3) is 10.2 Å². The molecule has 0 radical (unpaired) electrons. The molecule has 0 N–H and O–H groups in total. The fourth-order valence-corrected chi connectivity index (χ4v) is 5.99. The van der Waals surface area contributed by atoms with E-state index in [1.807, 2.05) is 4.90 Å². The molecule has 1 unspecified atom stereocenters. The zero-order valence-electron chi connectivity index (χ0n) is 16.3. The molecule has 2 saturated heterocycles. The number of ether oxygens (including phenoxy) is 1. The van der Waals surface area contributed by atoms with Gasteiger partial charge in [-0.3, -0.25) is 4.90 Å². The Balaban J connectivity index is 1.53. The topological polar surface area (TPSA) is 41.5 Å². The quantitative estimate of drug-likeness (QED) is 0.747. The van der Waals surface area contributed by atoms with Gasteiger partial charge in [-0.15, -0.1) is 11.3 Å². The van der Waals surface area contributed by atoms with Gasteiger partial charge in [-0.1, -0.05) is 0 Å². The van der Waals surface area contributed by atoms with Crippen molar-refractivity contribution in [1.82, 2.24) is 14.9 Å². The summed E-state index contributed by atoms with van der Waals surface area (Å²) in [5, 5.41) is 1.01. The number of halogens is 3. The number of morpholine rings is 1. The zero-order chi connectivity index (χ0) is 20.0. The second-order valence-corrected chi connectivity index (χ2v) is 9.30. The van der Waals surface area contributed by atoms with Crippen molar-refractivity contribution in [3.8, 4) is 0 Å². The van der Waals surface area contributed by atoms with Crippen molar-refractivity contribution >= 4 is 27.4 Å². The minimum Gasteiger partial charge on any atom is -0.379 e. The van der Waals surface area contributed by atoms with Gasteiger partial charge < -0.3 is 9.64 Å². The summed E-state index contributed by atoms with van der Waals surface area (Å²) in [4.78, 5) is 16.1. The molecule has 9 heteroatoms. The largest absolute Gasteiger partial charge is 0.393 e. The molecule has 2 fully saturated rings. The molecular weight excluding hydrogens is 401 g/mol. The fraction of sp³-hybridized carbons (Fsp3) is 0.700. The van der Waals surface area contributed by atoms with Crippen LogP contribution in [0.15, 0.2) is 0 Å². The van der Waals surface area contributed by atoms with E-state index in [0.29, 0.717) is 38.5 Å². The van der Waals surface area contributed by atoms with Gasteiger partial charge in [-0.25, -0.2) is 9.97 Å². The molecule has 4 heterocycles. The van der Waals surface area contributed by atoms with E-state index >= 15 is 0 Å². The molecule has 1 atom stereocenters. The molecule has 0 saturated carbocycles. The smallest absolute Gasteiger partial charge is 0.379 e. The third kappa shape index (κ3) is 3.84. The van der Waals surface area contributed by atoms with Crippen molar-refractivity contribution in [3.05, 3.63) is 16.3 Å². The highest BCUT2D eigenvalue weighted by atomic mass is 32.1. The summed E-state index contributed by atoms with van der Waals surface area (Å²) in [5.74, 6) is 0.158. The van der Waals surface area contributed by atoms with Crippen molar-refractivity contribution < 1.29 is 17.9 Å².